The van der Waals surface area contributed by atoms with Gasteiger partial charge in [-0.1, -0.05) is 12.1 Å². The summed E-state index contributed by atoms with van der Waals surface area (Å²) in [5, 5.41) is 6.74. The Morgan fingerprint density at radius 3 is 2.03 bits per heavy atom. The van der Waals surface area contributed by atoms with E-state index >= 15 is 0 Å². The Labute approximate surface area is 174 Å². The quantitative estimate of drug-likeness (QED) is 0.465. The van der Waals surface area contributed by atoms with Gasteiger partial charge in [0.2, 0.25) is 0 Å². The summed E-state index contributed by atoms with van der Waals surface area (Å²) >= 11 is 0. The number of carbonyl (C=O) groups excluding carboxylic acids is 2. The molecule has 0 aliphatic rings. The zero-order valence-electron chi connectivity index (χ0n) is 16.6. The van der Waals surface area contributed by atoms with Crippen molar-refractivity contribution in [1.29, 1.82) is 0 Å². The number of methoxy groups -OCH3 is 2. The van der Waals surface area contributed by atoms with Crippen molar-refractivity contribution in [1.82, 2.24) is 5.43 Å². The van der Waals surface area contributed by atoms with Gasteiger partial charge in [0.1, 0.15) is 11.5 Å². The second-order valence-corrected chi connectivity index (χ2v) is 6.20. The molecule has 0 heterocycles. The van der Waals surface area contributed by atoms with Gasteiger partial charge in [-0.15, -0.1) is 0 Å². The van der Waals surface area contributed by atoms with Crippen molar-refractivity contribution in [3.8, 4) is 11.5 Å². The number of rotatable bonds is 7. The van der Waals surface area contributed by atoms with E-state index in [1.165, 1.54) is 6.21 Å². The molecule has 2 N–H and O–H groups in total. The molecule has 0 aromatic heterocycles. The minimum absolute atomic E-state index is 0.297. The van der Waals surface area contributed by atoms with E-state index in [-0.39, 0.29) is 5.91 Å². The first-order chi connectivity index (χ1) is 14.6. The van der Waals surface area contributed by atoms with Crippen LogP contribution in [0.25, 0.3) is 0 Å². The first-order valence-electron chi connectivity index (χ1n) is 9.12. The van der Waals surface area contributed by atoms with Crippen LogP contribution in [0, 0.1) is 0 Å². The van der Waals surface area contributed by atoms with Gasteiger partial charge in [0, 0.05) is 5.56 Å². The van der Waals surface area contributed by atoms with Crippen LogP contribution in [0.3, 0.4) is 0 Å². The number of amides is 2. The number of benzene rings is 3. The minimum atomic E-state index is -0.439. The molecule has 7 heteroatoms. The van der Waals surface area contributed by atoms with Crippen LogP contribution in [0.15, 0.2) is 77.9 Å². The van der Waals surface area contributed by atoms with Crippen molar-refractivity contribution in [2.75, 3.05) is 19.5 Å². The number of hydrazone groups is 1. The standard InChI is InChI=1S/C23H21N3O4/c1-29-18-11-7-16(8-12-18)15-24-26-23(28)20-5-3-4-6-21(20)25-22(27)17-9-13-19(30-2)14-10-17/h3-15H,1-2H3,(H,25,27)(H,26,28). The molecule has 0 spiro atoms. The van der Waals surface area contributed by atoms with Gasteiger partial charge >= 0.3 is 0 Å². The number of nitrogens with zero attached hydrogens (tertiary/aromatic N) is 1. The molecule has 0 bridgehead atoms. The largest absolute Gasteiger partial charge is 0.497 e. The van der Waals surface area contributed by atoms with E-state index in [4.69, 9.17) is 9.47 Å². The molecule has 7 nitrogen and oxygen atoms in total. The van der Waals surface area contributed by atoms with Gasteiger partial charge in [-0.05, 0) is 66.2 Å². The molecular formula is C23H21N3O4. The van der Waals surface area contributed by atoms with Crippen molar-refractivity contribution in [3.63, 3.8) is 0 Å². The van der Waals surface area contributed by atoms with Gasteiger partial charge < -0.3 is 14.8 Å². The van der Waals surface area contributed by atoms with Gasteiger partial charge in [-0.2, -0.15) is 5.10 Å². The number of nitrogens with one attached hydrogen (secondary N) is 2. The van der Waals surface area contributed by atoms with Crippen LogP contribution in [-0.4, -0.2) is 32.2 Å². The van der Waals surface area contributed by atoms with Crippen LogP contribution in [0.2, 0.25) is 0 Å². The fraction of sp³-hybridized carbons (Fsp3) is 0.0870. The smallest absolute Gasteiger partial charge is 0.273 e. The third-order valence-corrected chi connectivity index (χ3v) is 4.27. The molecule has 0 saturated carbocycles. The molecule has 0 aliphatic carbocycles. The number of hydrogen-bond acceptors (Lipinski definition) is 5. The maximum atomic E-state index is 12.5. The van der Waals surface area contributed by atoms with E-state index in [2.05, 4.69) is 15.8 Å². The SMILES string of the molecule is COc1ccc(C=NNC(=O)c2ccccc2NC(=O)c2ccc(OC)cc2)cc1. The van der Waals surface area contributed by atoms with E-state index in [1.54, 1.807) is 74.9 Å². The Hall–Kier alpha value is -4.13. The summed E-state index contributed by atoms with van der Waals surface area (Å²) in [5.74, 6) is 0.615. The lowest BCUT2D eigenvalue weighted by Crippen LogP contribution is -2.21. The predicted molar refractivity (Wildman–Crippen MR) is 115 cm³/mol. The second-order valence-electron chi connectivity index (χ2n) is 6.20. The summed E-state index contributed by atoms with van der Waals surface area (Å²) in [7, 11) is 3.15. The Morgan fingerprint density at radius 1 is 0.800 bits per heavy atom. The molecule has 152 valence electrons. The van der Waals surface area contributed by atoms with Crippen LogP contribution in [0.5, 0.6) is 11.5 Å². The summed E-state index contributed by atoms with van der Waals surface area (Å²) in [6, 6.07) is 20.6. The lowest BCUT2D eigenvalue weighted by molar-refractivity contribution is 0.0956. The highest BCUT2D eigenvalue weighted by Gasteiger charge is 2.13. The van der Waals surface area contributed by atoms with Crippen LogP contribution in [0.1, 0.15) is 26.3 Å². The lowest BCUT2D eigenvalue weighted by atomic mass is 10.1. The number of carbonyl (C=O) groups is 2. The monoisotopic (exact) mass is 403 g/mol. The Morgan fingerprint density at radius 2 is 1.40 bits per heavy atom. The van der Waals surface area contributed by atoms with Crippen LogP contribution < -0.4 is 20.2 Å². The van der Waals surface area contributed by atoms with E-state index in [9.17, 15) is 9.59 Å². The van der Waals surface area contributed by atoms with Crippen molar-refractivity contribution in [2.24, 2.45) is 5.10 Å². The molecule has 0 atom stereocenters. The molecule has 0 unspecified atom stereocenters. The van der Waals surface area contributed by atoms with E-state index in [0.29, 0.717) is 22.6 Å². The molecule has 30 heavy (non-hydrogen) atoms. The van der Waals surface area contributed by atoms with Gasteiger partial charge in [0.15, 0.2) is 0 Å². The average Bonchev–Trinajstić information content (AvgIpc) is 2.79. The third kappa shape index (κ3) is 5.23. The van der Waals surface area contributed by atoms with E-state index in [1.807, 2.05) is 12.1 Å². The number of anilines is 1. The van der Waals surface area contributed by atoms with Crippen molar-refractivity contribution in [2.45, 2.75) is 0 Å². The van der Waals surface area contributed by atoms with Gasteiger partial charge in [0.25, 0.3) is 11.8 Å². The zero-order valence-corrected chi connectivity index (χ0v) is 16.6. The van der Waals surface area contributed by atoms with Crippen molar-refractivity contribution >= 4 is 23.7 Å². The minimum Gasteiger partial charge on any atom is -0.497 e. The molecule has 3 rings (SSSR count). The third-order valence-electron chi connectivity index (χ3n) is 4.27. The summed E-state index contributed by atoms with van der Waals surface area (Å²) in [4.78, 5) is 25.1. The predicted octanol–water partition coefficient (Wildman–Crippen LogP) is 3.72. The first-order valence-corrected chi connectivity index (χ1v) is 9.12. The van der Waals surface area contributed by atoms with Crippen molar-refractivity contribution in [3.05, 3.63) is 89.5 Å². The summed E-state index contributed by atoms with van der Waals surface area (Å²) < 4.78 is 10.2. The van der Waals surface area contributed by atoms with Gasteiger partial charge in [0.05, 0.1) is 31.7 Å². The molecule has 3 aromatic rings. The fourth-order valence-electron chi connectivity index (χ4n) is 2.64. The van der Waals surface area contributed by atoms with Crippen LogP contribution in [0.4, 0.5) is 5.69 Å². The van der Waals surface area contributed by atoms with Crippen LogP contribution >= 0.6 is 0 Å². The van der Waals surface area contributed by atoms with E-state index in [0.717, 1.165) is 11.3 Å². The maximum absolute atomic E-state index is 12.5. The number of ether oxygens (including phenoxy) is 2. The average molecular weight is 403 g/mol. The molecule has 0 fully saturated rings. The highest BCUT2D eigenvalue weighted by atomic mass is 16.5. The highest BCUT2D eigenvalue weighted by Crippen LogP contribution is 2.18. The molecule has 2 amide bonds. The van der Waals surface area contributed by atoms with Crippen molar-refractivity contribution < 1.29 is 19.1 Å². The van der Waals surface area contributed by atoms with Crippen LogP contribution in [-0.2, 0) is 0 Å². The number of para-hydroxylation sites is 1. The summed E-state index contributed by atoms with van der Waals surface area (Å²) in [5.41, 5.74) is 4.41. The summed E-state index contributed by atoms with van der Waals surface area (Å²) in [6.07, 6.45) is 1.52. The molecule has 0 radical (unpaired) electrons. The normalized spacial score (nSPS) is 10.5. The Bertz CT molecular complexity index is 1040. The topological polar surface area (TPSA) is 89.0 Å². The maximum Gasteiger partial charge on any atom is 0.273 e. The highest BCUT2D eigenvalue weighted by molar-refractivity contribution is 6.09. The number of hydrogen-bond donors (Lipinski definition) is 2. The molecular weight excluding hydrogens is 382 g/mol. The second kappa shape index (κ2) is 9.88. The first kappa shape index (κ1) is 20.6. The Balaban J connectivity index is 1.67. The zero-order chi connectivity index (χ0) is 21.3. The van der Waals surface area contributed by atoms with E-state index < -0.39 is 5.91 Å². The molecule has 0 aliphatic heterocycles. The lowest BCUT2D eigenvalue weighted by Gasteiger charge is -2.10. The summed E-state index contributed by atoms with van der Waals surface area (Å²) in [6.45, 7) is 0. The fourth-order valence-corrected chi connectivity index (χ4v) is 2.64. The molecule has 0 saturated heterocycles. The van der Waals surface area contributed by atoms with Gasteiger partial charge in [-0.25, -0.2) is 5.43 Å². The molecule has 3 aromatic carbocycles. The van der Waals surface area contributed by atoms with Gasteiger partial charge in [-0.3, -0.25) is 9.59 Å². The Kier molecular flexibility index (Phi) is 6.78.